The molecule has 2 aliphatic heterocycles. The number of ether oxygens (including phenoxy) is 3. The fraction of sp³-hybridized carbons (Fsp3) is 1.00. The molecule has 2 saturated heterocycles. The molecule has 2 atom stereocenters. The molecule has 2 heterocycles. The maximum absolute atomic E-state index is 5.61. The Morgan fingerprint density at radius 1 is 1.45 bits per heavy atom. The van der Waals surface area contributed by atoms with E-state index in [-0.39, 0.29) is 6.10 Å². The fourth-order valence-corrected chi connectivity index (χ4v) is 1.57. The standard InChI is InChI=1S/C7H11ClO3/c8-4-6-5-10-7(11-6)2-1-3-9-7/h6H,1-5H2/t6-,7+/m1/s1. The Bertz CT molecular complexity index is 145. The van der Waals surface area contributed by atoms with Crippen LogP contribution in [-0.4, -0.2) is 31.2 Å². The van der Waals surface area contributed by atoms with E-state index in [1.807, 2.05) is 0 Å². The predicted molar refractivity (Wildman–Crippen MR) is 39.5 cm³/mol. The van der Waals surface area contributed by atoms with Crippen molar-refractivity contribution in [1.29, 1.82) is 0 Å². The molecule has 0 aliphatic carbocycles. The van der Waals surface area contributed by atoms with Crippen LogP contribution < -0.4 is 0 Å². The lowest BCUT2D eigenvalue weighted by Gasteiger charge is -2.20. The van der Waals surface area contributed by atoms with Crippen LogP contribution in [0, 0.1) is 0 Å². The molecule has 1 spiro atoms. The summed E-state index contributed by atoms with van der Waals surface area (Å²) < 4.78 is 16.2. The molecule has 0 radical (unpaired) electrons. The van der Waals surface area contributed by atoms with Crippen molar-refractivity contribution < 1.29 is 14.2 Å². The Hall–Kier alpha value is 0.170. The van der Waals surface area contributed by atoms with Gasteiger partial charge in [-0.2, -0.15) is 0 Å². The van der Waals surface area contributed by atoms with E-state index in [1.54, 1.807) is 0 Å². The Balaban J connectivity index is 1.96. The summed E-state index contributed by atoms with van der Waals surface area (Å²) in [5.74, 6) is -0.245. The summed E-state index contributed by atoms with van der Waals surface area (Å²) >= 11 is 5.61. The molecule has 64 valence electrons. The maximum Gasteiger partial charge on any atom is 0.283 e. The first-order chi connectivity index (χ1) is 5.35. The minimum absolute atomic E-state index is 0.00904. The van der Waals surface area contributed by atoms with Crippen molar-refractivity contribution in [3.8, 4) is 0 Å². The Morgan fingerprint density at radius 2 is 2.36 bits per heavy atom. The van der Waals surface area contributed by atoms with Crippen molar-refractivity contribution in [3.05, 3.63) is 0 Å². The van der Waals surface area contributed by atoms with Crippen LogP contribution in [0.3, 0.4) is 0 Å². The second kappa shape index (κ2) is 2.90. The second-order valence-corrected chi connectivity index (χ2v) is 3.15. The molecule has 0 aromatic carbocycles. The van der Waals surface area contributed by atoms with Crippen LogP contribution in [-0.2, 0) is 14.2 Å². The largest absolute Gasteiger partial charge is 0.327 e. The molecule has 3 nitrogen and oxygen atoms in total. The van der Waals surface area contributed by atoms with Gasteiger partial charge in [-0.25, -0.2) is 0 Å². The van der Waals surface area contributed by atoms with Crippen molar-refractivity contribution in [2.24, 2.45) is 0 Å². The highest BCUT2D eigenvalue weighted by atomic mass is 35.5. The third-order valence-corrected chi connectivity index (χ3v) is 2.30. The molecule has 0 saturated carbocycles. The third kappa shape index (κ3) is 1.38. The van der Waals surface area contributed by atoms with Gasteiger partial charge < -0.3 is 14.2 Å². The molecule has 2 aliphatic rings. The van der Waals surface area contributed by atoms with E-state index in [2.05, 4.69) is 0 Å². The van der Waals surface area contributed by atoms with E-state index in [0.717, 1.165) is 19.4 Å². The third-order valence-electron chi connectivity index (χ3n) is 1.96. The van der Waals surface area contributed by atoms with Gasteiger partial charge in [0.15, 0.2) is 0 Å². The lowest BCUT2D eigenvalue weighted by molar-refractivity contribution is -0.312. The van der Waals surface area contributed by atoms with E-state index in [0.29, 0.717) is 12.5 Å². The summed E-state index contributed by atoms with van der Waals surface area (Å²) in [5.41, 5.74) is 0. The molecular formula is C7H11ClO3. The van der Waals surface area contributed by atoms with E-state index in [4.69, 9.17) is 25.8 Å². The maximum atomic E-state index is 5.61. The first kappa shape index (κ1) is 7.80. The van der Waals surface area contributed by atoms with Crippen LogP contribution in [0.15, 0.2) is 0 Å². The monoisotopic (exact) mass is 178 g/mol. The zero-order chi connectivity index (χ0) is 7.73. The van der Waals surface area contributed by atoms with Crippen LogP contribution >= 0.6 is 11.6 Å². The first-order valence-corrected chi connectivity index (χ1v) is 4.40. The van der Waals surface area contributed by atoms with Gasteiger partial charge in [0.1, 0.15) is 6.10 Å². The Labute approximate surface area is 70.6 Å². The molecule has 4 heteroatoms. The van der Waals surface area contributed by atoms with Crippen LogP contribution in [0.1, 0.15) is 12.8 Å². The summed E-state index contributed by atoms with van der Waals surface area (Å²) in [6.07, 6.45) is 1.85. The Morgan fingerprint density at radius 3 is 2.91 bits per heavy atom. The van der Waals surface area contributed by atoms with Crippen molar-refractivity contribution >= 4 is 11.6 Å². The van der Waals surface area contributed by atoms with Crippen LogP contribution in [0.4, 0.5) is 0 Å². The van der Waals surface area contributed by atoms with Crippen molar-refractivity contribution in [3.63, 3.8) is 0 Å². The minimum atomic E-state index is -0.723. The quantitative estimate of drug-likeness (QED) is 0.563. The highest BCUT2D eigenvalue weighted by Gasteiger charge is 2.45. The first-order valence-electron chi connectivity index (χ1n) is 3.86. The average Bonchev–Trinajstić information content (AvgIpc) is 2.62. The number of hydrogen-bond donors (Lipinski definition) is 0. The van der Waals surface area contributed by atoms with E-state index in [9.17, 15) is 0 Å². The molecule has 0 aromatic rings. The van der Waals surface area contributed by atoms with Gasteiger partial charge in [0, 0.05) is 6.42 Å². The van der Waals surface area contributed by atoms with Crippen molar-refractivity contribution in [2.75, 3.05) is 19.1 Å². The van der Waals surface area contributed by atoms with Crippen molar-refractivity contribution in [1.82, 2.24) is 0 Å². The molecular weight excluding hydrogens is 168 g/mol. The molecule has 0 unspecified atom stereocenters. The smallest absolute Gasteiger partial charge is 0.283 e. The average molecular weight is 179 g/mol. The number of rotatable bonds is 1. The van der Waals surface area contributed by atoms with E-state index >= 15 is 0 Å². The zero-order valence-corrected chi connectivity index (χ0v) is 6.97. The summed E-state index contributed by atoms with van der Waals surface area (Å²) in [5, 5.41) is 0. The molecule has 0 bridgehead atoms. The van der Waals surface area contributed by atoms with Crippen LogP contribution in [0.2, 0.25) is 0 Å². The number of halogens is 1. The van der Waals surface area contributed by atoms with Gasteiger partial charge in [-0.1, -0.05) is 0 Å². The highest BCUT2D eigenvalue weighted by Crippen LogP contribution is 2.34. The topological polar surface area (TPSA) is 27.7 Å². The van der Waals surface area contributed by atoms with E-state index < -0.39 is 5.97 Å². The summed E-state index contributed by atoms with van der Waals surface area (Å²) in [6.45, 7) is 1.29. The second-order valence-electron chi connectivity index (χ2n) is 2.84. The van der Waals surface area contributed by atoms with Gasteiger partial charge in [-0.15, -0.1) is 11.6 Å². The van der Waals surface area contributed by atoms with Gasteiger partial charge in [-0.05, 0) is 6.42 Å². The van der Waals surface area contributed by atoms with Crippen LogP contribution in [0.25, 0.3) is 0 Å². The van der Waals surface area contributed by atoms with Gasteiger partial charge in [0.05, 0.1) is 19.1 Å². The summed E-state index contributed by atoms with van der Waals surface area (Å²) in [4.78, 5) is 0. The Kier molecular flexibility index (Phi) is 2.06. The fourth-order valence-electron chi connectivity index (χ4n) is 1.41. The highest BCUT2D eigenvalue weighted by molar-refractivity contribution is 6.18. The predicted octanol–water partition coefficient (Wildman–Crippen LogP) is 1.10. The van der Waals surface area contributed by atoms with Gasteiger partial charge in [-0.3, -0.25) is 0 Å². The normalized spacial score (nSPS) is 43.9. The molecule has 0 amide bonds. The summed E-state index contributed by atoms with van der Waals surface area (Å²) in [6, 6.07) is 0. The zero-order valence-electron chi connectivity index (χ0n) is 6.22. The summed E-state index contributed by atoms with van der Waals surface area (Å²) in [7, 11) is 0. The van der Waals surface area contributed by atoms with E-state index in [1.165, 1.54) is 0 Å². The molecule has 2 fully saturated rings. The molecule has 11 heavy (non-hydrogen) atoms. The number of alkyl halides is 1. The van der Waals surface area contributed by atoms with Gasteiger partial charge in [0.2, 0.25) is 0 Å². The molecule has 2 rings (SSSR count). The lowest BCUT2D eigenvalue weighted by Crippen LogP contribution is -2.29. The van der Waals surface area contributed by atoms with Crippen LogP contribution in [0.5, 0.6) is 0 Å². The number of hydrogen-bond acceptors (Lipinski definition) is 3. The lowest BCUT2D eigenvalue weighted by atomic mass is 10.3. The van der Waals surface area contributed by atoms with Gasteiger partial charge >= 0.3 is 0 Å². The molecule has 0 aromatic heterocycles. The van der Waals surface area contributed by atoms with Gasteiger partial charge in [0.25, 0.3) is 5.97 Å². The SMILES string of the molecule is ClC[C@@H]1CO[C@@]2(CCCO2)O1. The molecule has 0 N–H and O–H groups in total. The van der Waals surface area contributed by atoms with Crippen molar-refractivity contribution in [2.45, 2.75) is 24.9 Å². The minimum Gasteiger partial charge on any atom is -0.327 e.